The fourth-order valence-electron chi connectivity index (χ4n) is 3.86. The Morgan fingerprint density at radius 3 is 2.14 bits per heavy atom. The molecule has 0 aliphatic carbocycles. The Kier molecular flexibility index (Phi) is 7.09. The number of benzene rings is 2. The Hall–Kier alpha value is -4.54. The molecule has 4 rings (SSSR count). The first-order valence-corrected chi connectivity index (χ1v) is 11.1. The third-order valence-corrected chi connectivity index (χ3v) is 5.52. The number of aromatic nitrogens is 3. The summed E-state index contributed by atoms with van der Waals surface area (Å²) in [6.07, 6.45) is 0. The first-order chi connectivity index (χ1) is 17.4. The van der Waals surface area contributed by atoms with Gasteiger partial charge in [0.05, 0.1) is 51.1 Å². The Morgan fingerprint density at radius 1 is 0.917 bits per heavy atom. The van der Waals surface area contributed by atoms with E-state index in [0.29, 0.717) is 39.4 Å². The highest BCUT2D eigenvalue weighted by molar-refractivity contribution is 6.08. The molecule has 0 aliphatic rings. The fourth-order valence-corrected chi connectivity index (χ4v) is 3.86. The van der Waals surface area contributed by atoms with E-state index in [9.17, 15) is 9.59 Å². The van der Waals surface area contributed by atoms with E-state index in [4.69, 9.17) is 29.4 Å². The topological polar surface area (TPSA) is 137 Å². The van der Waals surface area contributed by atoms with E-state index in [2.05, 4.69) is 9.97 Å². The van der Waals surface area contributed by atoms with Gasteiger partial charge in [0.25, 0.3) is 0 Å². The lowest BCUT2D eigenvalue weighted by atomic mass is 10.2. The van der Waals surface area contributed by atoms with Gasteiger partial charge in [-0.3, -0.25) is 0 Å². The highest BCUT2D eigenvalue weighted by Crippen LogP contribution is 2.38. The molecule has 188 valence electrons. The van der Waals surface area contributed by atoms with Gasteiger partial charge in [-0.25, -0.2) is 19.6 Å². The molecular formula is C25H26N4O7. The predicted octanol–water partition coefficient (Wildman–Crippen LogP) is 3.23. The molecule has 0 unspecified atom stereocenters. The highest BCUT2D eigenvalue weighted by Gasteiger charge is 2.25. The van der Waals surface area contributed by atoms with Gasteiger partial charge in [0.15, 0.2) is 17.1 Å². The lowest BCUT2D eigenvalue weighted by molar-refractivity contribution is 0.0487. The minimum atomic E-state index is -0.605. The lowest BCUT2D eigenvalue weighted by Crippen LogP contribution is -2.15. The van der Waals surface area contributed by atoms with Gasteiger partial charge in [0, 0.05) is 0 Å². The van der Waals surface area contributed by atoms with E-state index in [1.807, 2.05) is 18.2 Å². The Morgan fingerprint density at radius 2 is 1.56 bits per heavy atom. The number of para-hydroxylation sites is 2. The van der Waals surface area contributed by atoms with E-state index in [1.54, 1.807) is 17.6 Å². The monoisotopic (exact) mass is 494 g/mol. The number of esters is 2. The van der Waals surface area contributed by atoms with Crippen molar-refractivity contribution in [1.29, 1.82) is 0 Å². The number of nitrogens with zero attached hydrogens (tertiary/aromatic N) is 3. The molecule has 2 heterocycles. The Bertz CT molecular complexity index is 1420. The van der Waals surface area contributed by atoms with E-state index >= 15 is 0 Å². The van der Waals surface area contributed by atoms with Crippen LogP contribution in [-0.4, -0.2) is 61.0 Å². The second-order valence-corrected chi connectivity index (χ2v) is 7.57. The quantitative estimate of drug-likeness (QED) is 0.345. The molecular weight excluding hydrogens is 468 g/mol. The van der Waals surface area contributed by atoms with Crippen molar-refractivity contribution in [3.05, 3.63) is 47.5 Å². The molecule has 11 heteroatoms. The van der Waals surface area contributed by atoms with E-state index in [-0.39, 0.29) is 36.7 Å². The summed E-state index contributed by atoms with van der Waals surface area (Å²) in [6, 6.07) is 10.3. The summed E-state index contributed by atoms with van der Waals surface area (Å²) in [4.78, 5) is 34.7. The lowest BCUT2D eigenvalue weighted by Gasteiger charge is -2.14. The molecule has 2 aromatic heterocycles. The fraction of sp³-hybridized carbons (Fsp3) is 0.280. The van der Waals surface area contributed by atoms with Crippen LogP contribution in [0.25, 0.3) is 22.2 Å². The number of carbonyl (C=O) groups excluding carboxylic acids is 2. The largest absolute Gasteiger partial charge is 0.493 e. The summed E-state index contributed by atoms with van der Waals surface area (Å²) >= 11 is 0. The number of hydrogen-bond acceptors (Lipinski definition) is 10. The first-order valence-electron chi connectivity index (χ1n) is 11.1. The van der Waals surface area contributed by atoms with Gasteiger partial charge in [0.2, 0.25) is 5.75 Å². The van der Waals surface area contributed by atoms with Gasteiger partial charge in [0.1, 0.15) is 23.5 Å². The summed E-state index contributed by atoms with van der Waals surface area (Å²) in [5.41, 5.74) is 8.63. The van der Waals surface area contributed by atoms with Crippen LogP contribution in [-0.2, 0) is 16.0 Å². The van der Waals surface area contributed by atoms with Crippen molar-refractivity contribution in [2.45, 2.75) is 13.5 Å². The van der Waals surface area contributed by atoms with Gasteiger partial charge in [-0.15, -0.1) is 0 Å². The van der Waals surface area contributed by atoms with Crippen molar-refractivity contribution in [3.8, 4) is 17.2 Å². The molecule has 0 fully saturated rings. The average Bonchev–Trinajstić information content (AvgIpc) is 3.16. The molecule has 0 spiro atoms. The Labute approximate surface area is 206 Å². The van der Waals surface area contributed by atoms with Crippen LogP contribution >= 0.6 is 0 Å². The summed E-state index contributed by atoms with van der Waals surface area (Å²) in [6.45, 7) is 1.96. The second kappa shape index (κ2) is 10.4. The van der Waals surface area contributed by atoms with Crippen LogP contribution in [0.1, 0.15) is 27.6 Å². The van der Waals surface area contributed by atoms with Crippen LogP contribution in [0.5, 0.6) is 17.2 Å². The molecule has 0 aliphatic heterocycles. The molecule has 2 aromatic carbocycles. The van der Waals surface area contributed by atoms with Crippen LogP contribution in [0.3, 0.4) is 0 Å². The van der Waals surface area contributed by atoms with E-state index < -0.39 is 11.9 Å². The molecule has 11 nitrogen and oxygen atoms in total. The number of ether oxygens (including phenoxy) is 5. The maximum Gasteiger partial charge on any atom is 0.344 e. The third-order valence-electron chi connectivity index (χ3n) is 5.52. The van der Waals surface area contributed by atoms with E-state index in [1.165, 1.54) is 33.5 Å². The van der Waals surface area contributed by atoms with Gasteiger partial charge in [-0.2, -0.15) is 0 Å². The molecule has 0 saturated heterocycles. The minimum Gasteiger partial charge on any atom is -0.493 e. The predicted molar refractivity (Wildman–Crippen MR) is 132 cm³/mol. The van der Waals surface area contributed by atoms with Crippen LogP contribution < -0.4 is 19.9 Å². The molecule has 2 N–H and O–H groups in total. The zero-order valence-electron chi connectivity index (χ0n) is 20.4. The van der Waals surface area contributed by atoms with Crippen molar-refractivity contribution in [2.24, 2.45) is 0 Å². The van der Waals surface area contributed by atoms with Gasteiger partial charge in [-0.05, 0) is 31.2 Å². The standard InChI is InChI=1S/C25H26N4O7/c1-5-35-25(31)19-20-23(28-16-9-7-6-8-15(16)27-20)29(22(19)26)10-11-36-24(30)14-12-17(32-2)21(34-4)18(13-14)33-3/h6-9,12-13H,5,10-11,26H2,1-4H3. The second-order valence-electron chi connectivity index (χ2n) is 7.57. The van der Waals surface area contributed by atoms with Crippen LogP contribution in [0.15, 0.2) is 36.4 Å². The number of carbonyl (C=O) groups is 2. The number of nitrogens with two attached hydrogens (primary N) is 1. The van der Waals surface area contributed by atoms with Crippen LogP contribution in [0.4, 0.5) is 5.82 Å². The Balaban J connectivity index is 1.64. The van der Waals surface area contributed by atoms with Gasteiger partial charge >= 0.3 is 11.9 Å². The summed E-state index contributed by atoms with van der Waals surface area (Å²) in [7, 11) is 4.39. The maximum absolute atomic E-state index is 12.8. The van der Waals surface area contributed by atoms with Crippen molar-refractivity contribution in [1.82, 2.24) is 14.5 Å². The first kappa shape index (κ1) is 24.6. The minimum absolute atomic E-state index is 0.0553. The molecule has 0 bridgehead atoms. The third kappa shape index (κ3) is 4.42. The van der Waals surface area contributed by atoms with Gasteiger partial charge in [-0.1, -0.05) is 12.1 Å². The molecule has 0 radical (unpaired) electrons. The van der Waals surface area contributed by atoms with Crippen LogP contribution in [0, 0.1) is 0 Å². The van der Waals surface area contributed by atoms with E-state index in [0.717, 1.165) is 0 Å². The number of anilines is 1. The number of fused-ring (bicyclic) bond motifs is 2. The number of methoxy groups -OCH3 is 3. The molecule has 36 heavy (non-hydrogen) atoms. The van der Waals surface area contributed by atoms with Crippen molar-refractivity contribution in [2.75, 3.05) is 40.3 Å². The van der Waals surface area contributed by atoms with Crippen molar-refractivity contribution < 1.29 is 33.3 Å². The maximum atomic E-state index is 12.8. The zero-order chi connectivity index (χ0) is 25.8. The summed E-state index contributed by atoms with van der Waals surface area (Å²) in [5.74, 6) is -0.0661. The number of rotatable bonds is 9. The van der Waals surface area contributed by atoms with Crippen molar-refractivity contribution in [3.63, 3.8) is 0 Å². The highest BCUT2D eigenvalue weighted by atomic mass is 16.5. The molecule has 0 amide bonds. The number of hydrogen-bond donors (Lipinski definition) is 1. The van der Waals surface area contributed by atoms with Crippen LogP contribution in [0.2, 0.25) is 0 Å². The smallest absolute Gasteiger partial charge is 0.344 e. The summed E-state index contributed by atoms with van der Waals surface area (Å²) < 4.78 is 28.1. The van der Waals surface area contributed by atoms with Crippen molar-refractivity contribution >= 4 is 40.0 Å². The average molecular weight is 495 g/mol. The zero-order valence-corrected chi connectivity index (χ0v) is 20.4. The normalized spacial score (nSPS) is 10.9. The number of nitrogen functional groups attached to an aromatic ring is 1. The SMILES string of the molecule is CCOC(=O)c1c(N)n(CCOC(=O)c2cc(OC)c(OC)c(OC)c2)c2nc3ccccc3nc12. The molecule has 4 aromatic rings. The summed E-state index contributed by atoms with van der Waals surface area (Å²) in [5, 5.41) is 0. The van der Waals surface area contributed by atoms with Gasteiger partial charge < -0.3 is 34.0 Å². The molecule has 0 atom stereocenters. The molecule has 0 saturated carbocycles.